The highest BCUT2D eigenvalue weighted by molar-refractivity contribution is 9.10. The monoisotopic (exact) mass is 447 g/mol. The van der Waals surface area contributed by atoms with Crippen molar-refractivity contribution in [1.29, 1.82) is 0 Å². The summed E-state index contributed by atoms with van der Waals surface area (Å²) >= 11 is 3.29. The number of methoxy groups -OCH3 is 2. The number of hydrogen-bond acceptors (Lipinski definition) is 4. The van der Waals surface area contributed by atoms with Crippen molar-refractivity contribution in [2.45, 2.75) is 4.90 Å². The first-order valence-electron chi connectivity index (χ1n) is 8.04. The lowest BCUT2D eigenvalue weighted by molar-refractivity contribution is 0.353. The maximum atomic E-state index is 12.8. The standard InChI is InChI=1S/C20H18BrNO4S/c1-25-18-12-17(21)20(13-19(18)26-2)27(23,24)22-16-10-8-15(9-11-16)14-6-4-3-5-7-14/h3-13,22H,1-2H3. The van der Waals surface area contributed by atoms with E-state index in [9.17, 15) is 8.42 Å². The van der Waals surface area contributed by atoms with E-state index in [0.29, 0.717) is 21.7 Å². The summed E-state index contributed by atoms with van der Waals surface area (Å²) in [6, 6.07) is 20.1. The van der Waals surface area contributed by atoms with Crippen LogP contribution in [0.1, 0.15) is 0 Å². The van der Waals surface area contributed by atoms with Crippen molar-refractivity contribution in [3.63, 3.8) is 0 Å². The van der Waals surface area contributed by atoms with Crippen LogP contribution in [0.4, 0.5) is 5.69 Å². The van der Waals surface area contributed by atoms with Gasteiger partial charge in [-0.3, -0.25) is 4.72 Å². The summed E-state index contributed by atoms with van der Waals surface area (Å²) in [4.78, 5) is 0.0623. The molecule has 0 aromatic heterocycles. The molecule has 3 aromatic carbocycles. The number of sulfonamides is 1. The number of anilines is 1. The number of benzene rings is 3. The Balaban J connectivity index is 1.89. The number of hydrogen-bond donors (Lipinski definition) is 1. The largest absolute Gasteiger partial charge is 0.493 e. The summed E-state index contributed by atoms with van der Waals surface area (Å²) in [7, 11) is -0.864. The number of nitrogens with one attached hydrogen (secondary N) is 1. The van der Waals surface area contributed by atoms with E-state index in [1.54, 1.807) is 18.2 Å². The molecule has 0 saturated carbocycles. The van der Waals surface area contributed by atoms with Crippen LogP contribution in [-0.2, 0) is 10.0 Å². The van der Waals surface area contributed by atoms with Crippen LogP contribution in [0, 0.1) is 0 Å². The van der Waals surface area contributed by atoms with Gasteiger partial charge in [0.05, 0.1) is 14.2 Å². The fourth-order valence-corrected chi connectivity index (χ4v) is 4.71. The summed E-state index contributed by atoms with van der Waals surface area (Å²) in [6.07, 6.45) is 0. The van der Waals surface area contributed by atoms with E-state index < -0.39 is 10.0 Å². The molecule has 3 rings (SSSR count). The molecule has 0 spiro atoms. The predicted molar refractivity (Wildman–Crippen MR) is 110 cm³/mol. The van der Waals surface area contributed by atoms with Gasteiger partial charge in [-0.1, -0.05) is 42.5 Å². The van der Waals surface area contributed by atoms with Crippen LogP contribution in [0.3, 0.4) is 0 Å². The molecule has 0 heterocycles. The molecule has 1 N–H and O–H groups in total. The van der Waals surface area contributed by atoms with E-state index in [1.807, 2.05) is 42.5 Å². The second-order valence-electron chi connectivity index (χ2n) is 5.69. The molecule has 0 aliphatic heterocycles. The Labute approximate surface area is 167 Å². The third-order valence-corrected chi connectivity index (χ3v) is 6.31. The Morgan fingerprint density at radius 1 is 0.815 bits per heavy atom. The maximum Gasteiger partial charge on any atom is 0.263 e. The van der Waals surface area contributed by atoms with Crippen molar-refractivity contribution in [3.8, 4) is 22.6 Å². The fourth-order valence-electron chi connectivity index (χ4n) is 2.61. The van der Waals surface area contributed by atoms with Crippen LogP contribution < -0.4 is 14.2 Å². The molecule has 0 unspecified atom stereocenters. The van der Waals surface area contributed by atoms with Crippen LogP contribution >= 0.6 is 15.9 Å². The minimum Gasteiger partial charge on any atom is -0.493 e. The molecular formula is C20H18BrNO4S. The van der Waals surface area contributed by atoms with Gasteiger partial charge in [-0.2, -0.15) is 0 Å². The average Bonchev–Trinajstić information content (AvgIpc) is 2.68. The van der Waals surface area contributed by atoms with Crippen molar-refractivity contribution >= 4 is 31.6 Å². The smallest absolute Gasteiger partial charge is 0.263 e. The first kappa shape index (κ1) is 19.3. The van der Waals surface area contributed by atoms with Crippen LogP contribution in [0.15, 0.2) is 76.1 Å². The zero-order chi connectivity index (χ0) is 19.4. The van der Waals surface area contributed by atoms with Gasteiger partial charge in [-0.05, 0) is 45.3 Å². The third kappa shape index (κ3) is 4.26. The maximum absolute atomic E-state index is 12.8. The van der Waals surface area contributed by atoms with Crippen molar-refractivity contribution in [2.24, 2.45) is 0 Å². The predicted octanol–water partition coefficient (Wildman–Crippen LogP) is 4.93. The van der Waals surface area contributed by atoms with Crippen LogP contribution in [0.25, 0.3) is 11.1 Å². The molecule has 0 saturated heterocycles. The quantitative estimate of drug-likeness (QED) is 0.581. The molecule has 7 heteroatoms. The zero-order valence-electron chi connectivity index (χ0n) is 14.8. The van der Waals surface area contributed by atoms with Gasteiger partial charge in [-0.15, -0.1) is 0 Å². The molecule has 5 nitrogen and oxygen atoms in total. The van der Waals surface area contributed by atoms with Gasteiger partial charge in [0, 0.05) is 16.2 Å². The molecule has 3 aromatic rings. The minimum absolute atomic E-state index is 0.0623. The molecule has 0 atom stereocenters. The molecule has 27 heavy (non-hydrogen) atoms. The molecule has 0 amide bonds. The zero-order valence-corrected chi connectivity index (χ0v) is 17.2. The van der Waals surface area contributed by atoms with E-state index in [1.165, 1.54) is 20.3 Å². The Hall–Kier alpha value is -2.51. The molecule has 0 radical (unpaired) electrons. The lowest BCUT2D eigenvalue weighted by Crippen LogP contribution is -2.14. The number of halogens is 1. The summed E-state index contributed by atoms with van der Waals surface area (Å²) in [5.74, 6) is 0.774. The highest BCUT2D eigenvalue weighted by atomic mass is 79.9. The normalized spacial score (nSPS) is 11.1. The van der Waals surface area contributed by atoms with Gasteiger partial charge in [0.1, 0.15) is 4.90 Å². The molecule has 140 valence electrons. The van der Waals surface area contributed by atoms with E-state index in [4.69, 9.17) is 9.47 Å². The van der Waals surface area contributed by atoms with Crippen molar-refractivity contribution in [1.82, 2.24) is 0 Å². The molecular weight excluding hydrogens is 430 g/mol. The highest BCUT2D eigenvalue weighted by Crippen LogP contribution is 2.36. The Morgan fingerprint density at radius 2 is 1.37 bits per heavy atom. The number of ether oxygens (including phenoxy) is 2. The second-order valence-corrected chi connectivity index (χ2v) is 8.19. The van der Waals surface area contributed by atoms with Gasteiger partial charge >= 0.3 is 0 Å². The first-order chi connectivity index (χ1) is 12.9. The van der Waals surface area contributed by atoms with Crippen LogP contribution in [-0.4, -0.2) is 22.6 Å². The minimum atomic E-state index is -3.81. The SMILES string of the molecule is COc1cc(Br)c(S(=O)(=O)Nc2ccc(-c3ccccc3)cc2)cc1OC. The molecule has 0 aliphatic rings. The van der Waals surface area contributed by atoms with Crippen LogP contribution in [0.5, 0.6) is 11.5 Å². The van der Waals surface area contributed by atoms with Crippen LogP contribution in [0.2, 0.25) is 0 Å². The van der Waals surface area contributed by atoms with E-state index in [0.717, 1.165) is 11.1 Å². The summed E-state index contributed by atoms with van der Waals surface area (Å²) in [5, 5.41) is 0. The summed E-state index contributed by atoms with van der Waals surface area (Å²) in [6.45, 7) is 0. The molecule has 0 fully saturated rings. The third-order valence-electron chi connectivity index (χ3n) is 3.97. The van der Waals surface area contributed by atoms with E-state index >= 15 is 0 Å². The molecule has 0 aliphatic carbocycles. The highest BCUT2D eigenvalue weighted by Gasteiger charge is 2.21. The van der Waals surface area contributed by atoms with Gasteiger partial charge in [0.2, 0.25) is 0 Å². The van der Waals surface area contributed by atoms with Crippen molar-refractivity contribution in [3.05, 3.63) is 71.2 Å². The Morgan fingerprint density at radius 3 is 1.96 bits per heavy atom. The summed E-state index contributed by atoms with van der Waals surface area (Å²) in [5.41, 5.74) is 2.54. The second kappa shape index (κ2) is 8.02. The van der Waals surface area contributed by atoms with Crippen molar-refractivity contribution in [2.75, 3.05) is 18.9 Å². The van der Waals surface area contributed by atoms with Gasteiger partial charge < -0.3 is 9.47 Å². The van der Waals surface area contributed by atoms with Crippen molar-refractivity contribution < 1.29 is 17.9 Å². The average molecular weight is 448 g/mol. The van der Waals surface area contributed by atoms with E-state index in [2.05, 4.69) is 20.7 Å². The Bertz CT molecular complexity index is 1040. The fraction of sp³-hybridized carbons (Fsp3) is 0.100. The number of rotatable bonds is 6. The van der Waals surface area contributed by atoms with Gasteiger partial charge in [0.15, 0.2) is 11.5 Å². The van der Waals surface area contributed by atoms with Gasteiger partial charge in [0.25, 0.3) is 10.0 Å². The van der Waals surface area contributed by atoms with Gasteiger partial charge in [-0.25, -0.2) is 8.42 Å². The Kier molecular flexibility index (Phi) is 5.72. The molecule has 0 bridgehead atoms. The lowest BCUT2D eigenvalue weighted by Gasteiger charge is -2.14. The first-order valence-corrected chi connectivity index (χ1v) is 10.3. The summed E-state index contributed by atoms with van der Waals surface area (Å²) < 4.78 is 39.0. The topological polar surface area (TPSA) is 64.6 Å². The van der Waals surface area contributed by atoms with E-state index in [-0.39, 0.29) is 4.90 Å². The lowest BCUT2D eigenvalue weighted by atomic mass is 10.1.